The van der Waals surface area contributed by atoms with Gasteiger partial charge in [-0.3, -0.25) is 4.79 Å². The van der Waals surface area contributed by atoms with Crippen LogP contribution in [0.1, 0.15) is 5.56 Å². The third-order valence-corrected chi connectivity index (χ3v) is 5.12. The van der Waals surface area contributed by atoms with Crippen LogP contribution in [-0.4, -0.2) is 15.9 Å². The number of H-pyrrole nitrogens is 1. The summed E-state index contributed by atoms with van der Waals surface area (Å²) in [5, 5.41) is 3.67. The van der Waals surface area contributed by atoms with Crippen LogP contribution >= 0.6 is 12.6 Å². The monoisotopic (exact) mass is 403 g/mol. The molecule has 29 heavy (non-hydrogen) atoms. The number of rotatable bonds is 4. The number of carbonyl (C=O) groups excluding carboxylic acids is 1. The number of carbonyl (C=O) groups is 1. The van der Waals surface area contributed by atoms with E-state index >= 15 is 0 Å². The van der Waals surface area contributed by atoms with Crippen molar-refractivity contribution in [2.24, 2.45) is 0 Å². The number of nitrogens with zero attached hydrogens (tertiary/aromatic N) is 1. The van der Waals surface area contributed by atoms with Gasteiger partial charge in [-0.15, -0.1) is 12.6 Å². The highest BCUT2D eigenvalue weighted by atomic mass is 32.1. The minimum atomic E-state index is -0.282. The normalized spacial score (nSPS) is 10.9. The first-order valence-electron chi connectivity index (χ1n) is 8.96. The first-order valence-corrected chi connectivity index (χ1v) is 9.41. The third-order valence-electron chi connectivity index (χ3n) is 4.75. The standard InChI is InChI=1S/C23H18FN3OS/c1-3-22(28)27-16-6-4-5-14(8-16)15-9-18-19(12-26-23(18)25-11-15)17-7-13(2)20(24)10-21(17)29/h3-12,29H,1H2,2H3,(H,25,26)(H,27,28). The number of hydrogen-bond donors (Lipinski definition) is 3. The van der Waals surface area contributed by atoms with Crippen molar-refractivity contribution in [1.82, 2.24) is 9.97 Å². The van der Waals surface area contributed by atoms with Crippen LogP contribution in [0.2, 0.25) is 0 Å². The number of fused-ring (bicyclic) bond motifs is 1. The molecule has 6 heteroatoms. The molecule has 2 heterocycles. The van der Waals surface area contributed by atoms with E-state index in [4.69, 9.17) is 0 Å². The van der Waals surface area contributed by atoms with Crippen LogP contribution in [0.5, 0.6) is 0 Å². The van der Waals surface area contributed by atoms with Gasteiger partial charge in [-0.1, -0.05) is 18.7 Å². The molecule has 2 aromatic carbocycles. The first-order chi connectivity index (χ1) is 14.0. The number of aromatic amines is 1. The molecule has 0 bridgehead atoms. The van der Waals surface area contributed by atoms with Crippen molar-refractivity contribution in [3.05, 3.63) is 78.9 Å². The number of aromatic nitrogens is 2. The molecule has 1 amide bonds. The topological polar surface area (TPSA) is 57.8 Å². The highest BCUT2D eigenvalue weighted by Gasteiger charge is 2.13. The zero-order valence-corrected chi connectivity index (χ0v) is 16.6. The Hall–Kier alpha value is -3.38. The van der Waals surface area contributed by atoms with Crippen LogP contribution in [0.4, 0.5) is 10.1 Å². The van der Waals surface area contributed by atoms with E-state index in [0.29, 0.717) is 16.1 Å². The van der Waals surface area contributed by atoms with E-state index in [1.165, 1.54) is 12.1 Å². The highest BCUT2D eigenvalue weighted by molar-refractivity contribution is 7.80. The fourth-order valence-corrected chi connectivity index (χ4v) is 3.54. The molecular formula is C23H18FN3OS. The Kier molecular flexibility index (Phi) is 4.94. The molecule has 2 N–H and O–H groups in total. The summed E-state index contributed by atoms with van der Waals surface area (Å²) in [7, 11) is 0. The van der Waals surface area contributed by atoms with Crippen LogP contribution in [0.15, 0.2) is 72.4 Å². The molecule has 0 spiro atoms. The molecule has 0 aliphatic heterocycles. The Labute approximate surface area is 172 Å². The van der Waals surface area contributed by atoms with E-state index < -0.39 is 0 Å². The lowest BCUT2D eigenvalue weighted by Crippen LogP contribution is -2.06. The molecule has 4 rings (SSSR count). The number of hydrogen-bond acceptors (Lipinski definition) is 3. The molecule has 0 unspecified atom stereocenters. The molecule has 0 saturated heterocycles. The van der Waals surface area contributed by atoms with Gasteiger partial charge in [0.05, 0.1) is 0 Å². The Bertz CT molecular complexity index is 1260. The van der Waals surface area contributed by atoms with Gasteiger partial charge in [-0.05, 0) is 60.0 Å². The van der Waals surface area contributed by atoms with Crippen LogP contribution in [0.25, 0.3) is 33.3 Å². The van der Waals surface area contributed by atoms with Crippen molar-refractivity contribution in [2.45, 2.75) is 11.8 Å². The smallest absolute Gasteiger partial charge is 0.247 e. The lowest BCUT2D eigenvalue weighted by Gasteiger charge is -2.08. The second kappa shape index (κ2) is 7.56. The lowest BCUT2D eigenvalue weighted by molar-refractivity contribution is -0.111. The van der Waals surface area contributed by atoms with Crippen molar-refractivity contribution >= 4 is 35.3 Å². The molecule has 0 fully saturated rings. The number of nitrogens with one attached hydrogen (secondary N) is 2. The molecule has 0 aliphatic rings. The van der Waals surface area contributed by atoms with Crippen molar-refractivity contribution in [3.8, 4) is 22.3 Å². The van der Waals surface area contributed by atoms with Crippen LogP contribution < -0.4 is 5.32 Å². The number of anilines is 1. The molecule has 0 saturated carbocycles. The van der Waals surface area contributed by atoms with Gasteiger partial charge < -0.3 is 10.3 Å². The van der Waals surface area contributed by atoms with Gasteiger partial charge in [0.25, 0.3) is 0 Å². The third kappa shape index (κ3) is 3.67. The van der Waals surface area contributed by atoms with E-state index in [9.17, 15) is 9.18 Å². The second-order valence-corrected chi connectivity index (χ2v) is 7.20. The van der Waals surface area contributed by atoms with Crippen LogP contribution in [-0.2, 0) is 4.79 Å². The second-order valence-electron chi connectivity index (χ2n) is 6.72. The SMILES string of the molecule is C=CC(=O)Nc1cccc(-c2cnc3[nH]cc(-c4cc(C)c(F)cc4S)c3c2)c1. The summed E-state index contributed by atoms with van der Waals surface area (Å²) in [5.74, 6) is -0.549. The molecule has 0 radical (unpaired) electrons. The van der Waals surface area contributed by atoms with E-state index in [1.807, 2.05) is 36.5 Å². The van der Waals surface area contributed by atoms with E-state index in [-0.39, 0.29) is 11.7 Å². The van der Waals surface area contributed by atoms with E-state index in [1.54, 1.807) is 19.2 Å². The quantitative estimate of drug-likeness (QED) is 0.300. The van der Waals surface area contributed by atoms with Crippen molar-refractivity contribution < 1.29 is 9.18 Å². The number of amides is 1. The van der Waals surface area contributed by atoms with Gasteiger partial charge >= 0.3 is 0 Å². The fraction of sp³-hybridized carbons (Fsp3) is 0.0435. The maximum absolute atomic E-state index is 13.8. The number of pyridine rings is 1. The fourth-order valence-electron chi connectivity index (χ4n) is 3.24. The number of benzene rings is 2. The molecule has 4 nitrogen and oxygen atoms in total. The average Bonchev–Trinajstić information content (AvgIpc) is 3.14. The minimum absolute atomic E-state index is 0.267. The predicted molar refractivity (Wildman–Crippen MR) is 118 cm³/mol. The van der Waals surface area contributed by atoms with Gasteiger partial charge in [-0.2, -0.15) is 0 Å². The summed E-state index contributed by atoms with van der Waals surface area (Å²) in [6.45, 7) is 5.20. The summed E-state index contributed by atoms with van der Waals surface area (Å²) in [6, 6.07) is 12.7. The van der Waals surface area contributed by atoms with Crippen LogP contribution in [0.3, 0.4) is 0 Å². The van der Waals surface area contributed by atoms with Crippen molar-refractivity contribution in [3.63, 3.8) is 0 Å². The summed E-state index contributed by atoms with van der Waals surface area (Å²) in [5.41, 5.74) is 5.51. The largest absolute Gasteiger partial charge is 0.346 e. The first kappa shape index (κ1) is 19.0. The molecule has 0 aliphatic carbocycles. The summed E-state index contributed by atoms with van der Waals surface area (Å²) >= 11 is 4.45. The van der Waals surface area contributed by atoms with E-state index in [2.05, 4.69) is 34.5 Å². The predicted octanol–water partition coefficient (Wildman–Crippen LogP) is 5.76. The Morgan fingerprint density at radius 2 is 2.03 bits per heavy atom. The molecule has 0 atom stereocenters. The van der Waals surface area contributed by atoms with Crippen molar-refractivity contribution in [1.29, 1.82) is 0 Å². The Morgan fingerprint density at radius 1 is 1.21 bits per heavy atom. The number of halogens is 1. The van der Waals surface area contributed by atoms with E-state index in [0.717, 1.165) is 33.3 Å². The van der Waals surface area contributed by atoms with Crippen molar-refractivity contribution in [2.75, 3.05) is 5.32 Å². The summed E-state index contributed by atoms with van der Waals surface area (Å²) in [6.07, 6.45) is 4.86. The number of aryl methyl sites for hydroxylation is 1. The molecular weight excluding hydrogens is 385 g/mol. The Morgan fingerprint density at radius 3 is 2.83 bits per heavy atom. The zero-order valence-electron chi connectivity index (χ0n) is 15.7. The van der Waals surface area contributed by atoms with Crippen LogP contribution in [0, 0.1) is 12.7 Å². The maximum atomic E-state index is 13.8. The van der Waals surface area contributed by atoms with Gasteiger partial charge in [-0.25, -0.2) is 9.37 Å². The van der Waals surface area contributed by atoms with Gasteiger partial charge in [0, 0.05) is 39.5 Å². The van der Waals surface area contributed by atoms with Gasteiger partial charge in [0.2, 0.25) is 5.91 Å². The molecule has 2 aromatic heterocycles. The number of thiol groups is 1. The zero-order chi connectivity index (χ0) is 20.5. The summed E-state index contributed by atoms with van der Waals surface area (Å²) in [4.78, 5) is 19.8. The summed E-state index contributed by atoms with van der Waals surface area (Å²) < 4.78 is 13.8. The average molecular weight is 403 g/mol. The molecule has 144 valence electrons. The van der Waals surface area contributed by atoms with Gasteiger partial charge in [0.15, 0.2) is 0 Å². The van der Waals surface area contributed by atoms with Gasteiger partial charge in [0.1, 0.15) is 11.5 Å². The minimum Gasteiger partial charge on any atom is -0.346 e. The lowest BCUT2D eigenvalue weighted by atomic mass is 10.0. The molecule has 4 aromatic rings. The highest BCUT2D eigenvalue weighted by Crippen LogP contribution is 2.35. The Balaban J connectivity index is 1.81. The maximum Gasteiger partial charge on any atom is 0.247 e.